The number of anilines is 1. The van der Waals surface area contributed by atoms with E-state index in [1.165, 1.54) is 6.42 Å². The molecule has 23 heavy (non-hydrogen) atoms. The Kier molecular flexibility index (Phi) is 4.91. The predicted octanol–water partition coefficient (Wildman–Crippen LogP) is 3.74. The van der Waals surface area contributed by atoms with Crippen molar-refractivity contribution in [3.05, 3.63) is 59.3 Å². The number of rotatable bonds is 4. The molecule has 0 N–H and O–H groups in total. The lowest BCUT2D eigenvalue weighted by atomic mass is 10.1. The summed E-state index contributed by atoms with van der Waals surface area (Å²) < 4.78 is 5.48. The minimum Gasteiger partial charge on any atom is -0.457 e. The van der Waals surface area contributed by atoms with E-state index in [-0.39, 0.29) is 12.6 Å². The summed E-state index contributed by atoms with van der Waals surface area (Å²) in [6, 6.07) is 13.4. The van der Waals surface area contributed by atoms with Crippen LogP contribution >= 0.6 is 0 Å². The average molecular weight is 310 g/mol. The lowest BCUT2D eigenvalue weighted by Crippen LogP contribution is -2.32. The Labute approximate surface area is 137 Å². The van der Waals surface area contributed by atoms with Crippen LogP contribution in [0.25, 0.3) is 0 Å². The second-order valence-electron chi connectivity index (χ2n) is 5.93. The minimum absolute atomic E-state index is 0.285. The molecule has 1 aromatic heterocycles. The van der Waals surface area contributed by atoms with Crippen molar-refractivity contribution in [3.63, 3.8) is 0 Å². The molecular weight excluding hydrogens is 288 g/mol. The number of aryl methyl sites for hydroxylation is 1. The first-order chi connectivity index (χ1) is 11.2. The molecule has 1 saturated heterocycles. The van der Waals surface area contributed by atoms with Crippen LogP contribution in [-0.4, -0.2) is 24.0 Å². The molecule has 1 fully saturated rings. The van der Waals surface area contributed by atoms with E-state index >= 15 is 0 Å². The third-order valence-electron chi connectivity index (χ3n) is 4.10. The van der Waals surface area contributed by atoms with E-state index in [1.807, 2.05) is 49.4 Å². The van der Waals surface area contributed by atoms with Crippen LogP contribution in [0.4, 0.5) is 5.82 Å². The van der Waals surface area contributed by atoms with Crippen LogP contribution < -0.4 is 4.90 Å². The fourth-order valence-corrected chi connectivity index (χ4v) is 2.85. The second-order valence-corrected chi connectivity index (χ2v) is 5.93. The fourth-order valence-electron chi connectivity index (χ4n) is 2.85. The van der Waals surface area contributed by atoms with E-state index in [2.05, 4.69) is 9.88 Å². The van der Waals surface area contributed by atoms with Gasteiger partial charge in [0.1, 0.15) is 18.0 Å². The van der Waals surface area contributed by atoms with Crippen LogP contribution in [0.15, 0.2) is 42.5 Å². The van der Waals surface area contributed by atoms with Gasteiger partial charge in [0.2, 0.25) is 0 Å². The minimum atomic E-state index is -0.304. The van der Waals surface area contributed by atoms with Crippen LogP contribution in [0.3, 0.4) is 0 Å². The standard InChI is InChI=1S/C19H22N2O2/c1-15-10-11-17(18(20-15)21-12-6-3-7-13-21)19(22)23-14-16-8-4-2-5-9-16/h2,4-5,8-11H,3,6-7,12-14H2,1H3. The van der Waals surface area contributed by atoms with E-state index in [4.69, 9.17) is 4.74 Å². The first kappa shape index (κ1) is 15.5. The lowest BCUT2D eigenvalue weighted by molar-refractivity contribution is 0.0473. The molecule has 1 aliphatic heterocycles. The average Bonchev–Trinajstić information content (AvgIpc) is 2.61. The number of hydrogen-bond acceptors (Lipinski definition) is 4. The first-order valence-electron chi connectivity index (χ1n) is 8.18. The Bertz CT molecular complexity index is 664. The molecule has 4 nitrogen and oxygen atoms in total. The largest absolute Gasteiger partial charge is 0.457 e. The maximum Gasteiger partial charge on any atom is 0.342 e. The number of aromatic nitrogens is 1. The Morgan fingerprint density at radius 1 is 1.09 bits per heavy atom. The number of hydrogen-bond donors (Lipinski definition) is 0. The summed E-state index contributed by atoms with van der Waals surface area (Å²) in [5.41, 5.74) is 2.47. The molecule has 0 unspecified atom stereocenters. The molecular formula is C19H22N2O2. The summed E-state index contributed by atoms with van der Waals surface area (Å²) in [6.45, 7) is 4.14. The highest BCUT2D eigenvalue weighted by atomic mass is 16.5. The maximum atomic E-state index is 12.5. The van der Waals surface area contributed by atoms with Gasteiger partial charge >= 0.3 is 5.97 Å². The van der Waals surface area contributed by atoms with Gasteiger partial charge in [0.15, 0.2) is 0 Å². The van der Waals surface area contributed by atoms with Crippen LogP contribution in [0, 0.1) is 6.92 Å². The van der Waals surface area contributed by atoms with Gasteiger partial charge in [0, 0.05) is 18.8 Å². The predicted molar refractivity (Wildman–Crippen MR) is 90.6 cm³/mol. The van der Waals surface area contributed by atoms with E-state index in [1.54, 1.807) is 0 Å². The highest BCUT2D eigenvalue weighted by Crippen LogP contribution is 2.23. The van der Waals surface area contributed by atoms with Crippen molar-refractivity contribution in [2.24, 2.45) is 0 Å². The smallest absolute Gasteiger partial charge is 0.342 e. The Morgan fingerprint density at radius 2 is 1.83 bits per heavy atom. The van der Waals surface area contributed by atoms with Gasteiger partial charge in [-0.3, -0.25) is 0 Å². The third-order valence-corrected chi connectivity index (χ3v) is 4.10. The van der Waals surface area contributed by atoms with Crippen molar-refractivity contribution < 1.29 is 9.53 Å². The third kappa shape index (κ3) is 3.89. The van der Waals surface area contributed by atoms with Gasteiger partial charge in [0.25, 0.3) is 0 Å². The van der Waals surface area contributed by atoms with Crippen molar-refractivity contribution in [3.8, 4) is 0 Å². The zero-order chi connectivity index (χ0) is 16.1. The summed E-state index contributed by atoms with van der Waals surface area (Å²) in [7, 11) is 0. The summed E-state index contributed by atoms with van der Waals surface area (Å²) in [5.74, 6) is 0.463. The van der Waals surface area contributed by atoms with Crippen molar-refractivity contribution in [2.75, 3.05) is 18.0 Å². The van der Waals surface area contributed by atoms with E-state index in [0.717, 1.165) is 43.0 Å². The first-order valence-corrected chi connectivity index (χ1v) is 8.18. The van der Waals surface area contributed by atoms with Crippen LogP contribution in [0.5, 0.6) is 0 Å². The summed E-state index contributed by atoms with van der Waals surface area (Å²) in [4.78, 5) is 19.3. The zero-order valence-corrected chi connectivity index (χ0v) is 13.5. The van der Waals surface area contributed by atoms with Crippen molar-refractivity contribution in [2.45, 2.75) is 32.8 Å². The van der Waals surface area contributed by atoms with E-state index in [9.17, 15) is 4.79 Å². The number of carbonyl (C=O) groups is 1. The highest BCUT2D eigenvalue weighted by Gasteiger charge is 2.21. The SMILES string of the molecule is Cc1ccc(C(=O)OCc2ccccc2)c(N2CCCCC2)n1. The molecule has 120 valence electrons. The number of pyridine rings is 1. The number of carbonyl (C=O) groups excluding carboxylic acids is 1. The molecule has 1 aromatic carbocycles. The zero-order valence-electron chi connectivity index (χ0n) is 13.5. The number of esters is 1. The Balaban J connectivity index is 1.76. The van der Waals surface area contributed by atoms with Crippen LogP contribution in [0.1, 0.15) is 40.9 Å². The van der Waals surface area contributed by atoms with E-state index < -0.39 is 0 Å². The summed E-state index contributed by atoms with van der Waals surface area (Å²) in [5, 5.41) is 0. The van der Waals surface area contributed by atoms with E-state index in [0.29, 0.717) is 5.56 Å². The molecule has 0 bridgehead atoms. The topological polar surface area (TPSA) is 42.4 Å². The molecule has 1 aliphatic rings. The maximum absolute atomic E-state index is 12.5. The van der Waals surface area contributed by atoms with Gasteiger partial charge in [-0.1, -0.05) is 30.3 Å². The van der Waals surface area contributed by atoms with Gasteiger partial charge in [-0.15, -0.1) is 0 Å². The number of benzene rings is 1. The van der Waals surface area contributed by atoms with Gasteiger partial charge in [0.05, 0.1) is 0 Å². The molecule has 0 radical (unpaired) electrons. The second kappa shape index (κ2) is 7.27. The Morgan fingerprint density at radius 3 is 2.57 bits per heavy atom. The molecule has 0 spiro atoms. The van der Waals surface area contributed by atoms with Crippen molar-refractivity contribution >= 4 is 11.8 Å². The quantitative estimate of drug-likeness (QED) is 0.807. The number of piperidine rings is 1. The van der Waals surface area contributed by atoms with Crippen LogP contribution in [0.2, 0.25) is 0 Å². The molecule has 0 atom stereocenters. The molecule has 2 heterocycles. The number of nitrogens with zero attached hydrogens (tertiary/aromatic N) is 2. The van der Waals surface area contributed by atoms with Gasteiger partial charge in [-0.25, -0.2) is 9.78 Å². The molecule has 3 rings (SSSR count). The lowest BCUT2D eigenvalue weighted by Gasteiger charge is -2.29. The normalized spacial score (nSPS) is 14.6. The molecule has 0 aliphatic carbocycles. The molecule has 2 aromatic rings. The highest BCUT2D eigenvalue weighted by molar-refractivity contribution is 5.94. The summed E-state index contributed by atoms with van der Waals surface area (Å²) >= 11 is 0. The molecule has 0 saturated carbocycles. The molecule has 4 heteroatoms. The fraction of sp³-hybridized carbons (Fsp3) is 0.368. The van der Waals surface area contributed by atoms with Crippen molar-refractivity contribution in [1.29, 1.82) is 0 Å². The Hall–Kier alpha value is -2.36. The molecule has 0 amide bonds. The van der Waals surface area contributed by atoms with Gasteiger partial charge < -0.3 is 9.64 Å². The number of ether oxygens (including phenoxy) is 1. The van der Waals surface area contributed by atoms with Gasteiger partial charge in [-0.2, -0.15) is 0 Å². The monoisotopic (exact) mass is 310 g/mol. The summed E-state index contributed by atoms with van der Waals surface area (Å²) in [6.07, 6.45) is 3.54. The van der Waals surface area contributed by atoms with Crippen molar-refractivity contribution in [1.82, 2.24) is 4.98 Å². The van der Waals surface area contributed by atoms with Gasteiger partial charge in [-0.05, 0) is 43.9 Å². The van der Waals surface area contributed by atoms with Crippen LogP contribution in [-0.2, 0) is 11.3 Å².